The van der Waals surface area contributed by atoms with Gasteiger partial charge in [-0.3, -0.25) is 0 Å². The van der Waals surface area contributed by atoms with Crippen molar-refractivity contribution in [2.45, 2.75) is 31.9 Å². The number of hydrogen-bond donors (Lipinski definition) is 2. The predicted molar refractivity (Wildman–Crippen MR) is 69.8 cm³/mol. The van der Waals surface area contributed by atoms with Crippen LogP contribution in [0.25, 0.3) is 0 Å². The molecule has 1 fully saturated rings. The lowest BCUT2D eigenvalue weighted by Gasteiger charge is -2.36. The van der Waals surface area contributed by atoms with E-state index in [1.807, 2.05) is 12.3 Å². The Morgan fingerprint density at radius 3 is 3.12 bits per heavy atom. The molecule has 4 nitrogen and oxygen atoms in total. The average Bonchev–Trinajstić information content (AvgIpc) is 2.68. The summed E-state index contributed by atoms with van der Waals surface area (Å²) in [6, 6.07) is 1.42. The number of piperidine rings is 1. The van der Waals surface area contributed by atoms with Crippen LogP contribution in [-0.4, -0.2) is 34.7 Å². The third kappa shape index (κ3) is 2.73. The molecule has 2 unspecified atom stereocenters. The number of aliphatic hydroxyl groups is 1. The van der Waals surface area contributed by atoms with Crippen molar-refractivity contribution in [3.8, 4) is 0 Å². The summed E-state index contributed by atoms with van der Waals surface area (Å²) in [6.45, 7) is 2.53. The number of hydrogen-bond acceptors (Lipinski definition) is 3. The van der Waals surface area contributed by atoms with Crippen molar-refractivity contribution in [3.63, 3.8) is 0 Å². The second kappa shape index (κ2) is 5.25. The van der Waals surface area contributed by atoms with E-state index in [1.165, 1.54) is 11.3 Å². The molecule has 2 atom stereocenters. The molecule has 2 rings (SSSR count). The number of likely N-dealkylation sites (tertiary alicyclic amines) is 1. The van der Waals surface area contributed by atoms with Gasteiger partial charge in [-0.05, 0) is 31.2 Å². The van der Waals surface area contributed by atoms with Crippen molar-refractivity contribution in [2.24, 2.45) is 0 Å². The second-order valence-corrected chi connectivity index (χ2v) is 5.70. The summed E-state index contributed by atoms with van der Waals surface area (Å²) in [7, 11) is 0. The highest BCUT2D eigenvalue weighted by molar-refractivity contribution is 7.15. The summed E-state index contributed by atoms with van der Waals surface area (Å²) in [5, 5.41) is 14.3. The van der Waals surface area contributed by atoms with Crippen LogP contribution in [0.1, 0.15) is 19.8 Å². The maximum Gasteiger partial charge on any atom is 0.322 e. The van der Waals surface area contributed by atoms with Crippen molar-refractivity contribution < 1.29 is 9.90 Å². The molecule has 0 saturated carbocycles. The molecule has 0 bridgehead atoms. The number of amides is 2. The minimum atomic E-state index is -0.438. The van der Waals surface area contributed by atoms with Crippen LogP contribution in [0.15, 0.2) is 11.4 Å². The third-order valence-corrected chi connectivity index (χ3v) is 4.24. The summed E-state index contributed by atoms with van der Waals surface area (Å²) in [4.78, 5) is 13.7. The molecule has 0 aliphatic carbocycles. The molecule has 0 spiro atoms. The highest BCUT2D eigenvalue weighted by Gasteiger charge is 2.29. The van der Waals surface area contributed by atoms with Gasteiger partial charge < -0.3 is 15.3 Å². The van der Waals surface area contributed by atoms with Gasteiger partial charge in [0.25, 0.3) is 0 Å². The molecule has 2 N–H and O–H groups in total. The Bertz CT molecular complexity index is 410. The Morgan fingerprint density at radius 1 is 1.71 bits per heavy atom. The van der Waals surface area contributed by atoms with E-state index in [-0.39, 0.29) is 12.1 Å². The molecule has 2 heterocycles. The number of urea groups is 1. The van der Waals surface area contributed by atoms with E-state index in [4.69, 9.17) is 11.6 Å². The van der Waals surface area contributed by atoms with E-state index in [0.717, 1.165) is 12.8 Å². The molecular weight excluding hydrogens is 260 g/mol. The molecule has 6 heteroatoms. The monoisotopic (exact) mass is 274 g/mol. The quantitative estimate of drug-likeness (QED) is 0.827. The first-order valence-electron chi connectivity index (χ1n) is 5.58. The number of halogens is 1. The molecule has 1 saturated heterocycles. The SMILES string of the molecule is CC1C(O)CCCN1C(=O)Nc1ccsc1Cl. The van der Waals surface area contributed by atoms with E-state index < -0.39 is 6.10 Å². The fourth-order valence-electron chi connectivity index (χ4n) is 1.98. The number of nitrogens with zero attached hydrogens (tertiary/aromatic N) is 1. The topological polar surface area (TPSA) is 52.6 Å². The van der Waals surface area contributed by atoms with Crippen molar-refractivity contribution in [2.75, 3.05) is 11.9 Å². The lowest BCUT2D eigenvalue weighted by Crippen LogP contribution is -2.50. The number of aliphatic hydroxyl groups excluding tert-OH is 1. The van der Waals surface area contributed by atoms with Crippen LogP contribution in [0.3, 0.4) is 0 Å². The van der Waals surface area contributed by atoms with Gasteiger partial charge in [-0.1, -0.05) is 11.6 Å². The molecule has 1 aliphatic rings. The van der Waals surface area contributed by atoms with Crippen molar-refractivity contribution in [3.05, 3.63) is 15.8 Å². The minimum absolute atomic E-state index is 0.152. The number of carbonyl (C=O) groups excluding carboxylic acids is 1. The van der Waals surface area contributed by atoms with Crippen LogP contribution in [0.4, 0.5) is 10.5 Å². The van der Waals surface area contributed by atoms with E-state index in [2.05, 4.69) is 5.32 Å². The van der Waals surface area contributed by atoms with Gasteiger partial charge in [-0.25, -0.2) is 4.79 Å². The van der Waals surface area contributed by atoms with E-state index >= 15 is 0 Å². The minimum Gasteiger partial charge on any atom is -0.391 e. The van der Waals surface area contributed by atoms with Crippen molar-refractivity contribution in [1.29, 1.82) is 0 Å². The first-order chi connectivity index (χ1) is 8.09. The van der Waals surface area contributed by atoms with Crippen LogP contribution in [0.5, 0.6) is 0 Å². The molecule has 1 aromatic heterocycles. The maximum atomic E-state index is 12.0. The summed E-state index contributed by atoms with van der Waals surface area (Å²) < 4.78 is 0.573. The zero-order chi connectivity index (χ0) is 12.4. The number of nitrogens with one attached hydrogen (secondary N) is 1. The smallest absolute Gasteiger partial charge is 0.322 e. The number of carbonyl (C=O) groups is 1. The van der Waals surface area contributed by atoms with Gasteiger partial charge in [0.15, 0.2) is 0 Å². The predicted octanol–water partition coefficient (Wildman–Crippen LogP) is 2.78. The average molecular weight is 275 g/mol. The largest absolute Gasteiger partial charge is 0.391 e. The Labute approximate surface area is 109 Å². The Hall–Kier alpha value is -0.780. The standard InChI is InChI=1S/C11H15ClN2O2S/c1-7-9(15)3-2-5-14(7)11(16)13-8-4-6-17-10(8)12/h4,6-7,9,15H,2-3,5H2,1H3,(H,13,16). The highest BCUT2D eigenvalue weighted by atomic mass is 35.5. The Morgan fingerprint density at radius 2 is 2.47 bits per heavy atom. The van der Waals surface area contributed by atoms with Gasteiger partial charge in [0.05, 0.1) is 17.8 Å². The first kappa shape index (κ1) is 12.7. The third-order valence-electron chi connectivity index (χ3n) is 3.07. The molecule has 0 radical (unpaired) electrons. The number of rotatable bonds is 1. The van der Waals surface area contributed by atoms with E-state index in [1.54, 1.807) is 11.0 Å². The van der Waals surface area contributed by atoms with Gasteiger partial charge in [0.2, 0.25) is 0 Å². The Kier molecular flexibility index (Phi) is 3.91. The molecule has 1 aromatic rings. The summed E-state index contributed by atoms with van der Waals surface area (Å²) in [5.74, 6) is 0. The summed E-state index contributed by atoms with van der Waals surface area (Å²) >= 11 is 7.30. The van der Waals surface area contributed by atoms with E-state index in [0.29, 0.717) is 16.6 Å². The molecule has 2 amide bonds. The summed E-state index contributed by atoms with van der Waals surface area (Å²) in [6.07, 6.45) is 1.15. The van der Waals surface area contributed by atoms with E-state index in [9.17, 15) is 9.90 Å². The van der Waals surface area contributed by atoms with Crippen molar-refractivity contribution >= 4 is 34.7 Å². The molecule has 1 aliphatic heterocycles. The number of anilines is 1. The zero-order valence-corrected chi connectivity index (χ0v) is 11.1. The molecular formula is C11H15ClN2O2S. The van der Waals surface area contributed by atoms with Crippen LogP contribution in [-0.2, 0) is 0 Å². The Balaban J connectivity index is 2.02. The van der Waals surface area contributed by atoms with Gasteiger partial charge in [0, 0.05) is 6.54 Å². The molecule has 94 valence electrons. The first-order valence-corrected chi connectivity index (χ1v) is 6.84. The fraction of sp³-hybridized carbons (Fsp3) is 0.545. The van der Waals surface area contributed by atoms with Gasteiger partial charge in [-0.2, -0.15) is 0 Å². The maximum absolute atomic E-state index is 12.0. The lowest BCUT2D eigenvalue weighted by atomic mass is 10.0. The van der Waals surface area contributed by atoms with Gasteiger partial charge in [0.1, 0.15) is 4.34 Å². The van der Waals surface area contributed by atoms with Gasteiger partial charge >= 0.3 is 6.03 Å². The van der Waals surface area contributed by atoms with Crippen LogP contribution >= 0.6 is 22.9 Å². The molecule has 0 aromatic carbocycles. The van der Waals surface area contributed by atoms with Crippen molar-refractivity contribution in [1.82, 2.24) is 4.90 Å². The number of thiophene rings is 1. The fourth-order valence-corrected chi connectivity index (χ4v) is 2.81. The zero-order valence-electron chi connectivity index (χ0n) is 9.52. The molecule has 17 heavy (non-hydrogen) atoms. The van der Waals surface area contributed by atoms with Crippen LogP contribution in [0.2, 0.25) is 4.34 Å². The van der Waals surface area contributed by atoms with Crippen LogP contribution < -0.4 is 5.32 Å². The normalized spacial score (nSPS) is 24.8. The van der Waals surface area contributed by atoms with Gasteiger partial charge in [-0.15, -0.1) is 11.3 Å². The lowest BCUT2D eigenvalue weighted by molar-refractivity contribution is 0.0426. The highest BCUT2D eigenvalue weighted by Crippen LogP contribution is 2.28. The summed E-state index contributed by atoms with van der Waals surface area (Å²) in [5.41, 5.74) is 0.633. The second-order valence-electron chi connectivity index (χ2n) is 4.18. The van der Waals surface area contributed by atoms with Crippen LogP contribution in [0, 0.1) is 0 Å².